The van der Waals surface area contributed by atoms with Crippen LogP contribution in [0.5, 0.6) is 51.7 Å². The lowest BCUT2D eigenvalue weighted by atomic mass is 10.2. The first-order valence-corrected chi connectivity index (χ1v) is 42.2. The number of rotatable bonds is 26. The summed E-state index contributed by atoms with van der Waals surface area (Å²) in [5.41, 5.74) is 13.1. The fraction of sp³-hybridized carbons (Fsp3) is 0.405. The van der Waals surface area contributed by atoms with E-state index in [1.807, 2.05) is 79.7 Å². The lowest BCUT2D eigenvalue weighted by Crippen LogP contribution is -2.41. The number of fused-ring (bicyclic) bond motifs is 3. The number of imidazole rings is 3. The largest absolute Gasteiger partial charge is 0.493 e. The van der Waals surface area contributed by atoms with Gasteiger partial charge in [-0.15, -0.1) is 45.6 Å². The van der Waals surface area contributed by atoms with Crippen molar-refractivity contribution >= 4 is 152 Å². The Morgan fingerprint density at radius 2 is 0.843 bits per heavy atom. The Morgan fingerprint density at radius 3 is 1.17 bits per heavy atom. The van der Waals surface area contributed by atoms with Crippen LogP contribution < -0.4 is 85.6 Å². The minimum Gasteiger partial charge on any atom is -0.493 e. The van der Waals surface area contributed by atoms with E-state index in [1.165, 1.54) is 21.1 Å². The number of primary amides is 2. The zero-order chi connectivity index (χ0) is 85.1. The fourth-order valence-corrected chi connectivity index (χ4v) is 17.5. The van der Waals surface area contributed by atoms with Crippen molar-refractivity contribution in [2.75, 3.05) is 177 Å². The van der Waals surface area contributed by atoms with Gasteiger partial charge in [-0.2, -0.15) is 15.0 Å². The van der Waals surface area contributed by atoms with Crippen LogP contribution in [0.4, 0.5) is 40.9 Å². The van der Waals surface area contributed by atoms with E-state index in [0.717, 1.165) is 170 Å². The van der Waals surface area contributed by atoms with Crippen LogP contribution in [0.3, 0.4) is 0 Å². The van der Waals surface area contributed by atoms with Crippen molar-refractivity contribution in [2.24, 2.45) is 11.5 Å². The molecule has 5 fully saturated rings. The molecule has 2 amide bonds. The van der Waals surface area contributed by atoms with Crippen LogP contribution in [0, 0.1) is 0 Å². The molecule has 644 valence electrons. The van der Waals surface area contributed by atoms with Gasteiger partial charge < -0.3 is 113 Å². The zero-order valence-electron chi connectivity index (χ0n) is 68.1. The van der Waals surface area contributed by atoms with E-state index < -0.39 is 6.04 Å². The van der Waals surface area contributed by atoms with Gasteiger partial charge in [-0.05, 0) is 73.6 Å². The summed E-state index contributed by atoms with van der Waals surface area (Å²) in [5, 5.41) is 19.0. The van der Waals surface area contributed by atoms with Crippen molar-refractivity contribution in [3.05, 3.63) is 117 Å². The number of amides is 2. The van der Waals surface area contributed by atoms with E-state index in [-0.39, 0.29) is 28.4 Å². The van der Waals surface area contributed by atoms with Crippen LogP contribution in [0.25, 0.3) is 47.7 Å². The summed E-state index contributed by atoms with van der Waals surface area (Å²) in [7, 11) is 14.2. The van der Waals surface area contributed by atoms with Crippen molar-refractivity contribution < 1.29 is 66.4 Å². The molecule has 0 unspecified atom stereocenters. The van der Waals surface area contributed by atoms with Gasteiger partial charge in [0.25, 0.3) is 0 Å². The Morgan fingerprint density at radius 1 is 0.463 bits per heavy atom. The van der Waals surface area contributed by atoms with Crippen LogP contribution in [-0.4, -0.2) is 248 Å². The standard InChI is InChI=1S/C28H34N8O5S.C23H25ClN6O4S.C19H17Cl2N5O3S.C5H10N2O.C4H9NO/c1-38-21-11-17(12-22(39-2)24(21)40-3)35-15-23(30-16-35)31-26-19-13-18(14-34-7-9-41-10-8-34)42-27(19)33-28(32-26)36-6-4-5-20(36)25(29)37;1-31-17-8-14(9-18(32-2)20(17)33-3)30-12-19(25-13-30)26-21-16-10-15(11-29-4-6-34-7-5-29)35-22(16)28-23(24)27-21;1-27-13-4-10(5-14(28-2)16(13)29-3)26-8-15(22-9-26)23-17-12-6-11(7-20)30-18(12)25-19(21)24-17;6-5(8)4-2-1-3-7-4;1-3-6-4-2-5-1/h11-13,15-16,20H,4-10,14H2,1-3H3,(H2,29,37)(H,31,32,33);8-10,12-13H,4-7,11H2,1-3H3,(H,26,27,28);4-6,8-9H,7H2,1-3H3,(H,23,24,25);4,7H,1-3H2,(H2,6,8);5H,1-4H2/t20-;;;4-;/m0..0./s1. The molecule has 0 saturated carbocycles. The number of aromatic nitrogens is 12. The molecule has 121 heavy (non-hydrogen) atoms. The second-order valence-corrected chi connectivity index (χ2v) is 31.7. The summed E-state index contributed by atoms with van der Waals surface area (Å²) in [6, 6.07) is 16.8. The van der Waals surface area contributed by atoms with Crippen molar-refractivity contribution in [2.45, 2.75) is 56.7 Å². The van der Waals surface area contributed by atoms with E-state index in [0.29, 0.717) is 111 Å². The van der Waals surface area contributed by atoms with Gasteiger partial charge in [0.05, 0.1) is 167 Å². The normalized spacial score (nSPS) is 16.0. The molecular formula is C79H95Cl3N22O14S3. The molecule has 3 aromatic carbocycles. The minimum absolute atomic E-state index is 0.0463. The van der Waals surface area contributed by atoms with E-state index >= 15 is 0 Å². The minimum atomic E-state index is -0.428. The number of anilines is 7. The molecule has 9 N–H and O–H groups in total. The zero-order valence-corrected chi connectivity index (χ0v) is 72.8. The SMILES string of the molecule is C1COCCN1.COc1cc(-n2cnc(Nc3nc(Cl)nc4sc(CCl)cc34)c2)cc(OC)c1OC.COc1cc(-n2cnc(Nc3nc(Cl)nc4sc(CN5CCOCC5)cc34)c2)cc(OC)c1OC.COc1cc(-n2cnc(Nc3nc(N4CCC[C@H]4C(N)=O)nc4sc(CN5CCOCC5)cc34)c2)cc(OC)c1OC.NC(=O)[C@@H]1CCCN1. The molecular weight excluding hydrogens is 1680 g/mol. The molecule has 9 aromatic heterocycles. The molecule has 12 aromatic rings. The molecule has 5 aliphatic rings. The summed E-state index contributed by atoms with van der Waals surface area (Å²) in [4.78, 5) is 75.7. The Balaban J connectivity index is 0.000000146. The van der Waals surface area contributed by atoms with Crippen LogP contribution in [-0.2, 0) is 42.8 Å². The van der Waals surface area contributed by atoms with Crippen molar-refractivity contribution in [3.63, 3.8) is 0 Å². The molecule has 36 nitrogen and oxygen atoms in total. The summed E-state index contributed by atoms with van der Waals surface area (Å²) >= 11 is 23.0. The first kappa shape index (κ1) is 88.1. The number of hydrogen-bond acceptors (Lipinski definition) is 34. The van der Waals surface area contributed by atoms with Gasteiger partial charge >= 0.3 is 0 Å². The first-order valence-electron chi connectivity index (χ1n) is 38.5. The maximum Gasteiger partial charge on any atom is 0.240 e. The number of alkyl halides is 1. The molecule has 5 aliphatic heterocycles. The predicted octanol–water partition coefficient (Wildman–Crippen LogP) is 10.9. The molecule has 0 spiro atoms. The third-order valence-corrected chi connectivity index (χ3v) is 23.6. The van der Waals surface area contributed by atoms with Gasteiger partial charge in [0.2, 0.25) is 45.6 Å². The highest BCUT2D eigenvalue weighted by Crippen LogP contribution is 2.44. The number of morpholine rings is 3. The fourth-order valence-electron chi connectivity index (χ4n) is 13.8. The molecule has 0 radical (unpaired) electrons. The van der Waals surface area contributed by atoms with Crippen LogP contribution >= 0.6 is 68.8 Å². The maximum atomic E-state index is 12.2. The van der Waals surface area contributed by atoms with Gasteiger partial charge in [0, 0.05) is 110 Å². The lowest BCUT2D eigenvalue weighted by molar-refractivity contribution is -0.120. The Hall–Kier alpha value is -10.7. The monoisotopic (exact) mass is 1780 g/mol. The summed E-state index contributed by atoms with van der Waals surface area (Å²) in [6.07, 6.45) is 14.1. The molecule has 5 saturated heterocycles. The third-order valence-electron chi connectivity index (χ3n) is 19.8. The highest BCUT2D eigenvalue weighted by atomic mass is 35.5. The molecule has 0 aliphatic carbocycles. The van der Waals surface area contributed by atoms with E-state index in [2.05, 4.69) is 83.4 Å². The van der Waals surface area contributed by atoms with Gasteiger partial charge in [-0.25, -0.2) is 29.9 Å². The number of nitrogens with zero attached hydrogens (tertiary/aromatic N) is 15. The summed E-state index contributed by atoms with van der Waals surface area (Å²) in [5.74, 6) is 8.71. The third kappa shape index (κ3) is 22.0. The Kier molecular flexibility index (Phi) is 30.8. The van der Waals surface area contributed by atoms with Gasteiger partial charge in [-0.1, -0.05) is 0 Å². The number of ether oxygens (including phenoxy) is 12. The summed E-state index contributed by atoms with van der Waals surface area (Å²) in [6.45, 7) is 13.7. The lowest BCUT2D eigenvalue weighted by Gasteiger charge is -2.25. The molecule has 17 rings (SSSR count). The van der Waals surface area contributed by atoms with E-state index in [9.17, 15) is 9.59 Å². The average Bonchev–Trinajstić information content (AvgIpc) is 1.61. The van der Waals surface area contributed by atoms with Crippen LogP contribution in [0.1, 0.15) is 40.3 Å². The second-order valence-electron chi connectivity index (χ2n) is 27.5. The number of thiophene rings is 3. The van der Waals surface area contributed by atoms with Gasteiger partial charge in [0.15, 0.2) is 34.5 Å². The van der Waals surface area contributed by atoms with E-state index in [1.54, 1.807) is 106 Å². The number of nitrogens with one attached hydrogen (secondary N) is 5. The molecule has 42 heteroatoms. The quantitative estimate of drug-likeness (QED) is 0.0196. The van der Waals surface area contributed by atoms with Crippen molar-refractivity contribution in [1.29, 1.82) is 0 Å². The van der Waals surface area contributed by atoms with E-state index in [4.69, 9.17) is 113 Å². The number of nitrogens with two attached hydrogens (primary N) is 2. The maximum absolute atomic E-state index is 12.2. The number of methoxy groups -OCH3 is 9. The predicted molar refractivity (Wildman–Crippen MR) is 467 cm³/mol. The Bertz CT molecular complexity index is 5410. The number of carbonyl (C=O) groups is 2. The highest BCUT2D eigenvalue weighted by molar-refractivity contribution is 7.19. The summed E-state index contributed by atoms with van der Waals surface area (Å²) < 4.78 is 70.6. The second kappa shape index (κ2) is 42.2. The number of carbonyl (C=O) groups excluding carboxylic acids is 2. The number of halogens is 3. The smallest absolute Gasteiger partial charge is 0.240 e. The molecule has 0 bridgehead atoms. The topological polar surface area (TPSA) is 398 Å². The number of hydrogen-bond donors (Lipinski definition) is 7. The van der Waals surface area contributed by atoms with Crippen LogP contribution in [0.2, 0.25) is 10.6 Å². The van der Waals surface area contributed by atoms with Gasteiger partial charge in [0.1, 0.15) is 74.4 Å². The van der Waals surface area contributed by atoms with Crippen LogP contribution in [0.15, 0.2) is 92.2 Å². The van der Waals surface area contributed by atoms with Gasteiger partial charge in [-0.3, -0.25) is 19.4 Å². The molecule has 2 atom stereocenters. The number of benzene rings is 3. The van der Waals surface area contributed by atoms with Crippen molar-refractivity contribution in [3.8, 4) is 68.8 Å². The first-order chi connectivity index (χ1) is 58.9. The Labute approximate surface area is 724 Å². The van der Waals surface area contributed by atoms with Crippen molar-refractivity contribution in [1.82, 2.24) is 79.0 Å². The highest BCUT2D eigenvalue weighted by Gasteiger charge is 2.33. The molecule has 14 heterocycles. The average molecular weight is 1780 g/mol.